The molecular weight excluding hydrogens is 296 g/mol. The number of fused-ring (bicyclic) bond motifs is 1. The molecule has 5 heteroatoms. The summed E-state index contributed by atoms with van der Waals surface area (Å²) in [5, 5.41) is 0. The van der Waals surface area contributed by atoms with Crippen molar-refractivity contribution in [2.24, 2.45) is 0 Å². The van der Waals surface area contributed by atoms with Gasteiger partial charge in [0.15, 0.2) is 11.6 Å². The number of nitrogens with zero attached hydrogens (tertiary/aromatic N) is 2. The maximum Gasteiger partial charge on any atom is 0.161 e. The average Bonchev–Trinajstić information content (AvgIpc) is 2.99. The lowest BCUT2D eigenvalue weighted by atomic mass is 10.1. The van der Waals surface area contributed by atoms with Gasteiger partial charge in [-0.05, 0) is 23.3 Å². The Bertz CT molecular complexity index is 938. The van der Waals surface area contributed by atoms with Crippen molar-refractivity contribution in [2.75, 3.05) is 0 Å². The summed E-state index contributed by atoms with van der Waals surface area (Å²) in [6.07, 6.45) is 3.48. The number of imidazole rings is 1. The van der Waals surface area contributed by atoms with E-state index in [1.54, 1.807) is 12.4 Å². The number of hydrogen-bond acceptors (Lipinski definition) is 2. The minimum absolute atomic E-state index is 0.400. The smallest absolute Gasteiger partial charge is 0.161 e. The van der Waals surface area contributed by atoms with Crippen LogP contribution >= 0.6 is 0 Å². The first kappa shape index (κ1) is 13.6. The third-order valence-corrected chi connectivity index (χ3v) is 3.70. The maximum atomic E-state index is 13.3. The number of H-pyrrole nitrogens is 1. The van der Waals surface area contributed by atoms with Crippen LogP contribution in [0.15, 0.2) is 60.9 Å². The fraction of sp³-hybridized carbons (Fsp3) is 0. The molecule has 1 N–H and O–H groups in total. The number of pyridine rings is 1. The molecule has 2 aromatic heterocycles. The molecule has 0 aliphatic carbocycles. The Morgan fingerprint density at radius 2 is 1.35 bits per heavy atom. The van der Waals surface area contributed by atoms with Gasteiger partial charge in [-0.3, -0.25) is 4.98 Å². The van der Waals surface area contributed by atoms with Crippen LogP contribution in [0.2, 0.25) is 0 Å². The lowest BCUT2D eigenvalue weighted by molar-refractivity contribution is 0.510. The minimum atomic E-state index is -0.899. The predicted molar refractivity (Wildman–Crippen MR) is 84.7 cm³/mol. The van der Waals surface area contributed by atoms with Crippen molar-refractivity contribution in [1.29, 1.82) is 0 Å². The molecule has 112 valence electrons. The number of halogens is 2. The molecule has 0 bridgehead atoms. The quantitative estimate of drug-likeness (QED) is 0.589. The highest BCUT2D eigenvalue weighted by Gasteiger charge is 2.10. The van der Waals surface area contributed by atoms with Crippen LogP contribution in [0.1, 0.15) is 0 Å². The van der Waals surface area contributed by atoms with Crippen LogP contribution in [0.5, 0.6) is 0 Å². The molecule has 23 heavy (non-hydrogen) atoms. The second-order valence-corrected chi connectivity index (χ2v) is 5.18. The van der Waals surface area contributed by atoms with Gasteiger partial charge in [-0.1, -0.05) is 24.3 Å². The van der Waals surface area contributed by atoms with E-state index in [0.717, 1.165) is 28.8 Å². The first-order valence-corrected chi connectivity index (χ1v) is 7.06. The summed E-state index contributed by atoms with van der Waals surface area (Å²) in [6, 6.07) is 13.9. The number of nitrogens with one attached hydrogen (secondary N) is 1. The van der Waals surface area contributed by atoms with Gasteiger partial charge in [0, 0.05) is 30.1 Å². The molecule has 0 amide bonds. The molecule has 2 heterocycles. The van der Waals surface area contributed by atoms with E-state index in [2.05, 4.69) is 15.0 Å². The van der Waals surface area contributed by atoms with Gasteiger partial charge in [0.2, 0.25) is 0 Å². The number of benzene rings is 2. The number of aromatic amines is 1. The molecule has 0 unspecified atom stereocenters. The highest BCUT2D eigenvalue weighted by atomic mass is 19.2. The summed E-state index contributed by atoms with van der Waals surface area (Å²) in [5.74, 6) is -1.21. The minimum Gasteiger partial charge on any atom is -0.338 e. The lowest BCUT2D eigenvalue weighted by Crippen LogP contribution is -1.82. The Labute approximate surface area is 130 Å². The Morgan fingerprint density at radius 3 is 2.09 bits per heavy atom. The third-order valence-electron chi connectivity index (χ3n) is 3.70. The first-order valence-electron chi connectivity index (χ1n) is 7.06. The zero-order valence-electron chi connectivity index (χ0n) is 11.9. The molecular formula is C18H11F2N3. The lowest BCUT2D eigenvalue weighted by Gasteiger charge is -2.02. The molecule has 3 nitrogen and oxygen atoms in total. The normalized spacial score (nSPS) is 11.0. The molecule has 0 spiro atoms. The SMILES string of the molecule is Fc1cc2nc(-c3ccc(-c4ccncc4)cc3)[nH]c2cc1F. The third kappa shape index (κ3) is 2.46. The van der Waals surface area contributed by atoms with Crippen molar-refractivity contribution in [3.05, 3.63) is 72.6 Å². The Hall–Kier alpha value is -3.08. The van der Waals surface area contributed by atoms with E-state index in [1.165, 1.54) is 0 Å². The van der Waals surface area contributed by atoms with Gasteiger partial charge in [0.05, 0.1) is 11.0 Å². The molecule has 2 aromatic carbocycles. The van der Waals surface area contributed by atoms with Crippen LogP contribution in [0.3, 0.4) is 0 Å². The van der Waals surface area contributed by atoms with E-state index in [4.69, 9.17) is 0 Å². The number of aromatic nitrogens is 3. The average molecular weight is 307 g/mol. The Kier molecular flexibility index (Phi) is 3.12. The fourth-order valence-corrected chi connectivity index (χ4v) is 2.51. The highest BCUT2D eigenvalue weighted by Crippen LogP contribution is 2.25. The van der Waals surface area contributed by atoms with Crippen molar-refractivity contribution in [3.63, 3.8) is 0 Å². The number of hydrogen-bond donors (Lipinski definition) is 1. The van der Waals surface area contributed by atoms with Crippen LogP contribution in [0.4, 0.5) is 8.78 Å². The zero-order valence-corrected chi connectivity index (χ0v) is 11.9. The van der Waals surface area contributed by atoms with Crippen molar-refractivity contribution >= 4 is 11.0 Å². The zero-order chi connectivity index (χ0) is 15.8. The molecule has 0 aliphatic heterocycles. The fourth-order valence-electron chi connectivity index (χ4n) is 2.51. The monoisotopic (exact) mass is 307 g/mol. The second-order valence-electron chi connectivity index (χ2n) is 5.18. The van der Waals surface area contributed by atoms with Crippen LogP contribution in [-0.2, 0) is 0 Å². The van der Waals surface area contributed by atoms with E-state index in [0.29, 0.717) is 16.9 Å². The summed E-state index contributed by atoms with van der Waals surface area (Å²) < 4.78 is 26.5. The van der Waals surface area contributed by atoms with Crippen molar-refractivity contribution in [1.82, 2.24) is 15.0 Å². The van der Waals surface area contributed by atoms with E-state index in [1.807, 2.05) is 36.4 Å². The van der Waals surface area contributed by atoms with Crippen LogP contribution in [0.25, 0.3) is 33.5 Å². The molecule has 4 aromatic rings. The van der Waals surface area contributed by atoms with Gasteiger partial charge in [0.25, 0.3) is 0 Å². The van der Waals surface area contributed by atoms with Crippen LogP contribution in [0, 0.1) is 11.6 Å². The van der Waals surface area contributed by atoms with Crippen LogP contribution in [-0.4, -0.2) is 15.0 Å². The van der Waals surface area contributed by atoms with E-state index in [9.17, 15) is 8.78 Å². The summed E-state index contributed by atoms with van der Waals surface area (Å²) in [7, 11) is 0. The molecule has 0 atom stereocenters. The van der Waals surface area contributed by atoms with Gasteiger partial charge >= 0.3 is 0 Å². The van der Waals surface area contributed by atoms with E-state index >= 15 is 0 Å². The number of rotatable bonds is 2. The first-order chi connectivity index (χ1) is 11.2. The topological polar surface area (TPSA) is 41.6 Å². The van der Waals surface area contributed by atoms with Crippen LogP contribution < -0.4 is 0 Å². The standard InChI is InChI=1S/C18H11F2N3/c19-14-9-16-17(10-15(14)20)23-18(22-16)13-3-1-11(2-4-13)12-5-7-21-8-6-12/h1-10H,(H,22,23). The summed E-state index contributed by atoms with van der Waals surface area (Å²) in [5.41, 5.74) is 3.85. The molecule has 0 fully saturated rings. The van der Waals surface area contributed by atoms with E-state index < -0.39 is 11.6 Å². The maximum absolute atomic E-state index is 13.3. The molecule has 4 rings (SSSR count). The van der Waals surface area contributed by atoms with Crippen molar-refractivity contribution in [3.8, 4) is 22.5 Å². The Morgan fingerprint density at radius 1 is 0.739 bits per heavy atom. The summed E-state index contributed by atoms with van der Waals surface area (Å²) in [6.45, 7) is 0. The van der Waals surface area contributed by atoms with Gasteiger partial charge < -0.3 is 4.98 Å². The molecule has 0 aliphatic rings. The predicted octanol–water partition coefficient (Wildman–Crippen LogP) is 4.57. The van der Waals surface area contributed by atoms with Crippen molar-refractivity contribution in [2.45, 2.75) is 0 Å². The largest absolute Gasteiger partial charge is 0.338 e. The Balaban J connectivity index is 1.73. The highest BCUT2D eigenvalue weighted by molar-refractivity contribution is 5.80. The molecule has 0 saturated carbocycles. The van der Waals surface area contributed by atoms with Gasteiger partial charge in [-0.25, -0.2) is 13.8 Å². The van der Waals surface area contributed by atoms with Gasteiger partial charge in [0.1, 0.15) is 5.82 Å². The second kappa shape index (κ2) is 5.28. The molecule has 0 saturated heterocycles. The van der Waals surface area contributed by atoms with Gasteiger partial charge in [-0.15, -0.1) is 0 Å². The molecule has 0 radical (unpaired) electrons. The van der Waals surface area contributed by atoms with E-state index in [-0.39, 0.29) is 0 Å². The summed E-state index contributed by atoms with van der Waals surface area (Å²) in [4.78, 5) is 11.3. The van der Waals surface area contributed by atoms with Crippen molar-refractivity contribution < 1.29 is 8.78 Å². The van der Waals surface area contributed by atoms with Gasteiger partial charge in [-0.2, -0.15) is 0 Å². The summed E-state index contributed by atoms with van der Waals surface area (Å²) >= 11 is 0.